The number of likely N-dealkylation sites (N-methyl/N-ethyl adjacent to an activating group) is 1. The maximum absolute atomic E-state index is 12.4. The smallest absolute Gasteiger partial charge is 0.425 e. The first-order chi connectivity index (χ1) is 10.8. The molecule has 3 unspecified atom stereocenters. The second-order valence-electron chi connectivity index (χ2n) is 8.39. The molecule has 0 aliphatic carbocycles. The van der Waals surface area contributed by atoms with E-state index in [1.54, 1.807) is 53.6 Å². The van der Waals surface area contributed by atoms with E-state index < -0.39 is 29.5 Å². The molecule has 2 saturated heterocycles. The van der Waals surface area contributed by atoms with E-state index in [2.05, 4.69) is 0 Å². The summed E-state index contributed by atoms with van der Waals surface area (Å²) in [6.45, 7) is 11.2. The molecule has 0 bridgehead atoms. The Labute approximate surface area is 143 Å². The zero-order valence-electron chi connectivity index (χ0n) is 15.6. The minimum absolute atomic E-state index is 0.191. The van der Waals surface area contributed by atoms with Crippen LogP contribution >= 0.6 is 0 Å². The molecule has 8 heteroatoms. The van der Waals surface area contributed by atoms with Crippen molar-refractivity contribution in [2.75, 3.05) is 20.1 Å². The van der Waals surface area contributed by atoms with Crippen LogP contribution in [0.3, 0.4) is 0 Å². The predicted octanol–water partition coefficient (Wildman–Crippen LogP) is 1.43. The van der Waals surface area contributed by atoms with Crippen LogP contribution in [0.2, 0.25) is 0 Å². The molecule has 3 atom stereocenters. The van der Waals surface area contributed by atoms with Gasteiger partial charge in [0.2, 0.25) is 0 Å². The van der Waals surface area contributed by atoms with E-state index in [9.17, 15) is 14.7 Å². The molecule has 2 aliphatic heterocycles. The van der Waals surface area contributed by atoms with Gasteiger partial charge in [0.15, 0.2) is 0 Å². The molecule has 0 aromatic heterocycles. The third kappa shape index (κ3) is 3.92. The summed E-state index contributed by atoms with van der Waals surface area (Å²) < 4.78 is 10.8. The first-order valence-electron chi connectivity index (χ1n) is 8.21. The Morgan fingerprint density at radius 3 is 1.96 bits per heavy atom. The average Bonchev–Trinajstić information content (AvgIpc) is 2.84. The van der Waals surface area contributed by atoms with Crippen LogP contribution in [0, 0.1) is 0 Å². The van der Waals surface area contributed by atoms with Crippen LogP contribution in [0.5, 0.6) is 0 Å². The highest BCUT2D eigenvalue weighted by atomic mass is 16.6. The van der Waals surface area contributed by atoms with Crippen LogP contribution in [-0.2, 0) is 9.47 Å². The fourth-order valence-electron chi connectivity index (χ4n) is 3.11. The van der Waals surface area contributed by atoms with Crippen molar-refractivity contribution >= 4 is 12.2 Å². The highest BCUT2D eigenvalue weighted by Gasteiger charge is 2.54. The van der Waals surface area contributed by atoms with Crippen LogP contribution in [0.1, 0.15) is 41.5 Å². The van der Waals surface area contributed by atoms with Gasteiger partial charge in [-0.3, -0.25) is 4.90 Å². The Hall–Kier alpha value is -1.54. The molecule has 138 valence electrons. The summed E-state index contributed by atoms with van der Waals surface area (Å²) >= 11 is 0. The summed E-state index contributed by atoms with van der Waals surface area (Å²) in [5.74, 6) is 0. The summed E-state index contributed by atoms with van der Waals surface area (Å²) in [6.07, 6.45) is -1.72. The van der Waals surface area contributed by atoms with Gasteiger partial charge in [-0.2, -0.15) is 0 Å². The number of β-amino-alcohol motifs (C(OH)–C–C–N with tert-alkyl or cyclic N) is 1. The second-order valence-corrected chi connectivity index (χ2v) is 8.39. The van der Waals surface area contributed by atoms with Crippen molar-refractivity contribution in [3.8, 4) is 0 Å². The van der Waals surface area contributed by atoms with Crippen LogP contribution in [0.15, 0.2) is 0 Å². The molecule has 1 N–H and O–H groups in total. The Morgan fingerprint density at radius 2 is 1.46 bits per heavy atom. The lowest BCUT2D eigenvalue weighted by atomic mass is 10.1. The number of likely N-dealkylation sites (tertiary alicyclic amines) is 1. The fourth-order valence-corrected chi connectivity index (χ4v) is 3.11. The molecule has 0 spiro atoms. The largest absolute Gasteiger partial charge is 0.444 e. The molecule has 0 aromatic carbocycles. The molecular formula is C16H29N3O5. The molecular weight excluding hydrogens is 314 g/mol. The molecule has 2 heterocycles. The lowest BCUT2D eigenvalue weighted by molar-refractivity contribution is -0.0426. The molecule has 24 heavy (non-hydrogen) atoms. The van der Waals surface area contributed by atoms with Gasteiger partial charge in [-0.1, -0.05) is 0 Å². The van der Waals surface area contributed by atoms with Gasteiger partial charge in [0.25, 0.3) is 0 Å². The lowest BCUT2D eigenvalue weighted by Gasteiger charge is -2.31. The summed E-state index contributed by atoms with van der Waals surface area (Å²) in [5.41, 5.74) is -1.23. The second kappa shape index (κ2) is 6.07. The van der Waals surface area contributed by atoms with Crippen LogP contribution in [0.4, 0.5) is 9.59 Å². The van der Waals surface area contributed by atoms with E-state index in [0.717, 1.165) is 0 Å². The van der Waals surface area contributed by atoms with Gasteiger partial charge in [0, 0.05) is 7.05 Å². The van der Waals surface area contributed by atoms with Crippen molar-refractivity contribution < 1.29 is 24.2 Å². The molecule has 0 radical (unpaired) electrons. The maximum Gasteiger partial charge on any atom is 0.425 e. The number of rotatable bonds is 0. The number of nitrogens with zero attached hydrogens (tertiary/aromatic N) is 3. The van der Waals surface area contributed by atoms with E-state index in [-0.39, 0.29) is 25.2 Å². The minimum Gasteiger partial charge on any atom is -0.444 e. The summed E-state index contributed by atoms with van der Waals surface area (Å²) in [6, 6.07) is -0.683. The van der Waals surface area contributed by atoms with Gasteiger partial charge >= 0.3 is 12.2 Å². The van der Waals surface area contributed by atoms with Crippen molar-refractivity contribution in [3.63, 3.8) is 0 Å². The van der Waals surface area contributed by atoms with Gasteiger partial charge in [-0.15, -0.1) is 0 Å². The molecule has 2 rings (SSSR count). The highest BCUT2D eigenvalue weighted by Crippen LogP contribution is 2.32. The topological polar surface area (TPSA) is 82.6 Å². The number of hydrogen-bond acceptors (Lipinski definition) is 6. The average molecular weight is 343 g/mol. The first kappa shape index (κ1) is 18.8. The monoisotopic (exact) mass is 343 g/mol. The van der Waals surface area contributed by atoms with Crippen molar-refractivity contribution in [2.45, 2.75) is 70.9 Å². The SMILES string of the molecule is CN1C2C(O)CN(C(=O)OC(C)(C)C)C2CN1C(=O)OC(C)(C)C. The molecule has 8 nitrogen and oxygen atoms in total. The van der Waals surface area contributed by atoms with Crippen LogP contribution < -0.4 is 0 Å². The third-order valence-corrected chi connectivity index (χ3v) is 3.98. The van der Waals surface area contributed by atoms with Gasteiger partial charge in [0.1, 0.15) is 11.2 Å². The van der Waals surface area contributed by atoms with Crippen LogP contribution in [0.25, 0.3) is 0 Å². The molecule has 2 amide bonds. The number of amides is 2. The number of aliphatic hydroxyl groups excluding tert-OH is 1. The van der Waals surface area contributed by atoms with E-state index in [4.69, 9.17) is 9.47 Å². The normalized spacial score (nSPS) is 28.1. The molecule has 0 saturated carbocycles. The van der Waals surface area contributed by atoms with Gasteiger partial charge in [-0.05, 0) is 41.5 Å². The van der Waals surface area contributed by atoms with Gasteiger partial charge < -0.3 is 14.6 Å². The van der Waals surface area contributed by atoms with Crippen molar-refractivity contribution in [2.24, 2.45) is 0 Å². The number of hydrazine groups is 1. The van der Waals surface area contributed by atoms with Gasteiger partial charge in [-0.25, -0.2) is 19.6 Å². The number of aliphatic hydroxyl groups is 1. The van der Waals surface area contributed by atoms with E-state index in [1.807, 2.05) is 0 Å². The maximum atomic E-state index is 12.4. The number of ether oxygens (including phenoxy) is 2. The molecule has 2 fully saturated rings. The summed E-state index contributed by atoms with van der Waals surface area (Å²) in [4.78, 5) is 26.3. The third-order valence-electron chi connectivity index (χ3n) is 3.98. The number of carbonyl (C=O) groups is 2. The molecule has 0 aromatic rings. The van der Waals surface area contributed by atoms with E-state index >= 15 is 0 Å². The van der Waals surface area contributed by atoms with Crippen molar-refractivity contribution in [1.82, 2.24) is 14.9 Å². The standard InChI is InChI=1S/C16H29N3O5/c1-15(2,3)23-13(21)18-9-11(20)12-10(18)8-19(17(12)7)14(22)24-16(4,5)6/h10-12,20H,8-9H2,1-7H3. The Morgan fingerprint density at radius 1 is 0.958 bits per heavy atom. The molecule has 2 aliphatic rings. The number of fused-ring (bicyclic) bond motifs is 1. The van der Waals surface area contributed by atoms with Crippen molar-refractivity contribution in [3.05, 3.63) is 0 Å². The predicted molar refractivity (Wildman–Crippen MR) is 87.2 cm³/mol. The van der Waals surface area contributed by atoms with Crippen LogP contribution in [-0.4, -0.2) is 81.7 Å². The van der Waals surface area contributed by atoms with Gasteiger partial charge in [0.05, 0.1) is 31.3 Å². The first-order valence-corrected chi connectivity index (χ1v) is 8.21. The Kier molecular flexibility index (Phi) is 4.76. The Bertz CT molecular complexity index is 511. The Balaban J connectivity index is 2.13. The zero-order chi connectivity index (χ0) is 18.4. The lowest BCUT2D eigenvalue weighted by Crippen LogP contribution is -2.47. The summed E-state index contributed by atoms with van der Waals surface area (Å²) in [7, 11) is 1.72. The minimum atomic E-state index is -0.750. The van der Waals surface area contributed by atoms with E-state index in [0.29, 0.717) is 0 Å². The van der Waals surface area contributed by atoms with Crippen molar-refractivity contribution in [1.29, 1.82) is 0 Å². The number of carbonyl (C=O) groups excluding carboxylic acids is 2. The van der Waals surface area contributed by atoms with E-state index in [1.165, 1.54) is 9.91 Å². The summed E-state index contributed by atoms with van der Waals surface area (Å²) in [5, 5.41) is 13.4. The quantitative estimate of drug-likeness (QED) is 0.716. The fraction of sp³-hybridized carbons (Fsp3) is 0.875. The highest BCUT2D eigenvalue weighted by molar-refractivity contribution is 5.71. The zero-order valence-corrected chi connectivity index (χ0v) is 15.6. The number of hydrogen-bond donors (Lipinski definition) is 1.